The van der Waals surface area contributed by atoms with Gasteiger partial charge in [-0.2, -0.15) is 0 Å². The molecule has 5 nitrogen and oxygen atoms in total. The molecule has 0 radical (unpaired) electrons. The van der Waals surface area contributed by atoms with E-state index in [4.69, 9.17) is 0 Å². The number of H-pyrrole nitrogens is 2. The summed E-state index contributed by atoms with van der Waals surface area (Å²) < 4.78 is 0. The van der Waals surface area contributed by atoms with Crippen LogP contribution < -0.4 is 15.8 Å². The van der Waals surface area contributed by atoms with E-state index in [1.165, 1.54) is 0 Å². The molecule has 180 valence electrons. The van der Waals surface area contributed by atoms with E-state index < -0.39 is 0 Å². The van der Waals surface area contributed by atoms with E-state index in [0.29, 0.717) is 28.1 Å². The molecule has 0 saturated carbocycles. The molecule has 0 unspecified atom stereocenters. The minimum Gasteiger partial charge on any atom is -0.371 e. The van der Waals surface area contributed by atoms with Gasteiger partial charge in [-0.05, 0) is 55.2 Å². The highest BCUT2D eigenvalue weighted by atomic mass is 16.1. The number of benzene rings is 3. The van der Waals surface area contributed by atoms with Gasteiger partial charge in [0.05, 0.1) is 33.0 Å². The standard InChI is InChI=1S/C30H33N3O2/c1-4-7-16-33(17-8-5-2)25-15-11-14-23-27(25)30(35)21-18-24-26(19(6-3)28(21)32-23)29(34)20-12-9-10-13-22(20)31-24/h9-15,18H,4-8,16-17H2,1-3H3,(H,31,34)(H,32,35). The second-order valence-electron chi connectivity index (χ2n) is 9.40. The minimum absolute atomic E-state index is 0.00750. The Balaban J connectivity index is 1.86. The zero-order valence-corrected chi connectivity index (χ0v) is 20.8. The molecule has 0 bridgehead atoms. The predicted octanol–water partition coefficient (Wildman–Crippen LogP) is 6.65. The van der Waals surface area contributed by atoms with E-state index in [2.05, 4.69) is 34.8 Å². The SMILES string of the molecule is CCCCN(CCCC)c1cccc2[nH]c3c(CC)c4c(=O)c5ccccc5[nH]c4cc3c(=O)c12. The maximum Gasteiger partial charge on any atom is 0.199 e. The van der Waals surface area contributed by atoms with Crippen molar-refractivity contribution in [3.63, 3.8) is 0 Å². The summed E-state index contributed by atoms with van der Waals surface area (Å²) in [6.45, 7) is 8.31. The van der Waals surface area contributed by atoms with Gasteiger partial charge in [-0.25, -0.2) is 0 Å². The third kappa shape index (κ3) is 3.89. The van der Waals surface area contributed by atoms with Gasteiger partial charge >= 0.3 is 0 Å². The van der Waals surface area contributed by atoms with Gasteiger partial charge in [0, 0.05) is 29.4 Å². The fraction of sp³-hybridized carbons (Fsp3) is 0.333. The first-order valence-electron chi connectivity index (χ1n) is 12.9. The molecule has 5 rings (SSSR count). The maximum absolute atomic E-state index is 14.1. The number of nitrogens with one attached hydrogen (secondary N) is 2. The van der Waals surface area contributed by atoms with E-state index >= 15 is 0 Å². The van der Waals surface area contributed by atoms with Crippen LogP contribution in [-0.4, -0.2) is 23.1 Å². The lowest BCUT2D eigenvalue weighted by Crippen LogP contribution is -2.27. The van der Waals surface area contributed by atoms with Crippen LogP contribution in [0.15, 0.2) is 58.1 Å². The van der Waals surface area contributed by atoms with Gasteiger partial charge in [-0.3, -0.25) is 9.59 Å². The third-order valence-electron chi connectivity index (χ3n) is 7.13. The molecule has 0 fully saturated rings. The molecule has 5 heteroatoms. The first-order valence-corrected chi connectivity index (χ1v) is 12.9. The summed E-state index contributed by atoms with van der Waals surface area (Å²) >= 11 is 0. The smallest absolute Gasteiger partial charge is 0.199 e. The highest BCUT2D eigenvalue weighted by molar-refractivity contribution is 6.07. The molecule has 0 aliphatic rings. The zero-order valence-electron chi connectivity index (χ0n) is 20.8. The Morgan fingerprint density at radius 3 is 2.11 bits per heavy atom. The Labute approximate surface area is 204 Å². The molecule has 0 aliphatic carbocycles. The van der Waals surface area contributed by atoms with Crippen LogP contribution in [0.1, 0.15) is 52.0 Å². The topological polar surface area (TPSA) is 69.0 Å². The van der Waals surface area contributed by atoms with Crippen molar-refractivity contribution in [2.24, 2.45) is 0 Å². The van der Waals surface area contributed by atoms with Crippen molar-refractivity contribution >= 4 is 49.3 Å². The Hall–Kier alpha value is -3.60. The summed E-state index contributed by atoms with van der Waals surface area (Å²) in [7, 11) is 0. The van der Waals surface area contributed by atoms with E-state index in [1.54, 1.807) is 0 Å². The average Bonchev–Trinajstić information content (AvgIpc) is 2.88. The number of fused-ring (bicyclic) bond motifs is 4. The van der Waals surface area contributed by atoms with Crippen molar-refractivity contribution in [1.29, 1.82) is 0 Å². The Morgan fingerprint density at radius 1 is 0.714 bits per heavy atom. The molecular weight excluding hydrogens is 434 g/mol. The summed E-state index contributed by atoms with van der Waals surface area (Å²) in [5.41, 5.74) is 5.01. The third-order valence-corrected chi connectivity index (χ3v) is 7.13. The summed E-state index contributed by atoms with van der Waals surface area (Å²) in [5, 5.41) is 2.70. The molecule has 2 heterocycles. The Morgan fingerprint density at radius 2 is 1.40 bits per heavy atom. The van der Waals surface area contributed by atoms with Crippen LogP contribution in [0, 0.1) is 0 Å². The number of aromatic amines is 2. The Bertz CT molecular complexity index is 1650. The second kappa shape index (κ2) is 9.57. The van der Waals surface area contributed by atoms with Crippen LogP contribution in [0.5, 0.6) is 0 Å². The van der Waals surface area contributed by atoms with Gasteiger partial charge in [-0.1, -0.05) is 51.8 Å². The van der Waals surface area contributed by atoms with Crippen LogP contribution in [0.3, 0.4) is 0 Å². The maximum atomic E-state index is 14.1. The van der Waals surface area contributed by atoms with Gasteiger partial charge in [0.15, 0.2) is 10.9 Å². The molecular formula is C30H33N3O2. The molecule has 0 saturated heterocycles. The fourth-order valence-corrected chi connectivity index (χ4v) is 5.31. The molecule has 5 aromatic rings. The number of anilines is 1. The number of aromatic nitrogens is 2. The minimum atomic E-state index is 0.00750. The number of unbranched alkanes of at least 4 members (excludes halogenated alkanes) is 2. The van der Waals surface area contributed by atoms with Crippen molar-refractivity contribution < 1.29 is 0 Å². The molecule has 3 aromatic carbocycles. The summed E-state index contributed by atoms with van der Waals surface area (Å²) in [5.74, 6) is 0. The van der Waals surface area contributed by atoms with Crippen LogP contribution >= 0.6 is 0 Å². The zero-order chi connectivity index (χ0) is 24.5. The van der Waals surface area contributed by atoms with E-state index in [-0.39, 0.29) is 10.9 Å². The average molecular weight is 468 g/mol. The fourth-order valence-electron chi connectivity index (χ4n) is 5.31. The molecule has 35 heavy (non-hydrogen) atoms. The number of pyridine rings is 2. The van der Waals surface area contributed by atoms with Crippen LogP contribution in [0.2, 0.25) is 0 Å². The Kier molecular flexibility index (Phi) is 6.33. The van der Waals surface area contributed by atoms with Crippen molar-refractivity contribution in [2.75, 3.05) is 18.0 Å². The van der Waals surface area contributed by atoms with Crippen molar-refractivity contribution in [3.8, 4) is 0 Å². The van der Waals surface area contributed by atoms with Crippen LogP contribution in [-0.2, 0) is 6.42 Å². The lowest BCUT2D eigenvalue weighted by Gasteiger charge is -2.26. The monoisotopic (exact) mass is 467 g/mol. The summed E-state index contributed by atoms with van der Waals surface area (Å²) in [6.07, 6.45) is 5.05. The number of hydrogen-bond acceptors (Lipinski definition) is 3. The quantitative estimate of drug-likeness (QED) is 0.251. The molecule has 0 amide bonds. The highest BCUT2D eigenvalue weighted by Crippen LogP contribution is 2.30. The number of hydrogen-bond donors (Lipinski definition) is 2. The first kappa shape index (κ1) is 23.2. The summed E-state index contributed by atoms with van der Waals surface area (Å²) in [4.78, 5) is 36.9. The van der Waals surface area contributed by atoms with Gasteiger partial charge in [0.25, 0.3) is 0 Å². The van der Waals surface area contributed by atoms with Crippen molar-refractivity contribution in [1.82, 2.24) is 9.97 Å². The lowest BCUT2D eigenvalue weighted by atomic mass is 9.97. The van der Waals surface area contributed by atoms with Crippen LogP contribution in [0.25, 0.3) is 43.6 Å². The van der Waals surface area contributed by atoms with E-state index in [0.717, 1.165) is 72.0 Å². The molecule has 0 atom stereocenters. The number of aryl methyl sites for hydroxylation is 1. The van der Waals surface area contributed by atoms with Gasteiger partial charge in [-0.15, -0.1) is 0 Å². The first-order chi connectivity index (χ1) is 17.1. The highest BCUT2D eigenvalue weighted by Gasteiger charge is 2.19. The molecule has 2 N–H and O–H groups in total. The lowest BCUT2D eigenvalue weighted by molar-refractivity contribution is 0.679. The summed E-state index contributed by atoms with van der Waals surface area (Å²) in [6, 6.07) is 15.5. The largest absolute Gasteiger partial charge is 0.371 e. The molecule has 0 aliphatic heterocycles. The van der Waals surface area contributed by atoms with E-state index in [9.17, 15) is 9.59 Å². The van der Waals surface area contributed by atoms with Gasteiger partial charge in [0.1, 0.15) is 0 Å². The predicted molar refractivity (Wildman–Crippen MR) is 149 cm³/mol. The molecule has 2 aromatic heterocycles. The van der Waals surface area contributed by atoms with Crippen molar-refractivity contribution in [2.45, 2.75) is 52.9 Å². The van der Waals surface area contributed by atoms with Crippen molar-refractivity contribution in [3.05, 3.63) is 74.5 Å². The van der Waals surface area contributed by atoms with Crippen LogP contribution in [0.4, 0.5) is 5.69 Å². The number of para-hydroxylation sites is 1. The number of rotatable bonds is 8. The normalized spacial score (nSPS) is 11.7. The van der Waals surface area contributed by atoms with Gasteiger partial charge < -0.3 is 14.9 Å². The van der Waals surface area contributed by atoms with Gasteiger partial charge in [0.2, 0.25) is 0 Å². The molecule has 0 spiro atoms. The second-order valence-corrected chi connectivity index (χ2v) is 9.40. The van der Waals surface area contributed by atoms with E-state index in [1.807, 2.05) is 49.4 Å². The number of nitrogens with zero attached hydrogens (tertiary/aromatic N) is 1.